The van der Waals surface area contributed by atoms with E-state index in [-0.39, 0.29) is 12.6 Å². The van der Waals surface area contributed by atoms with Crippen LogP contribution < -0.4 is 0 Å². The first kappa shape index (κ1) is 18.6. The summed E-state index contributed by atoms with van der Waals surface area (Å²) in [4.78, 5) is 0. The van der Waals surface area contributed by atoms with Crippen LogP contribution in [0.1, 0.15) is 26.7 Å². The Bertz CT molecular complexity index is 328. The molecule has 22 heavy (non-hydrogen) atoms. The normalized spacial score (nSPS) is 31.4. The molecular weight excluding hydrogens is 312 g/mol. The Labute approximate surface area is 137 Å². The van der Waals surface area contributed by atoms with Crippen LogP contribution in [-0.2, 0) is 18.9 Å². The zero-order valence-electron chi connectivity index (χ0n) is 15.2. The predicted molar refractivity (Wildman–Crippen MR) is 94.4 cm³/mol. The Morgan fingerprint density at radius 1 is 0.727 bits per heavy atom. The van der Waals surface area contributed by atoms with Gasteiger partial charge in [-0.15, -0.1) is 0 Å². The van der Waals surface area contributed by atoms with Crippen LogP contribution in [0.25, 0.3) is 0 Å². The molecule has 0 unspecified atom stereocenters. The zero-order chi connectivity index (χ0) is 16.4. The van der Waals surface area contributed by atoms with Crippen molar-refractivity contribution < 1.29 is 18.9 Å². The van der Waals surface area contributed by atoms with Gasteiger partial charge in [0.25, 0.3) is 0 Å². The fourth-order valence-corrected chi connectivity index (χ4v) is 11.1. The summed E-state index contributed by atoms with van der Waals surface area (Å²) in [5.74, 6) is 0. The lowest BCUT2D eigenvalue weighted by atomic mass is 10.5. The first-order valence-electron chi connectivity index (χ1n) is 8.85. The van der Waals surface area contributed by atoms with Crippen molar-refractivity contribution in [2.45, 2.75) is 89.8 Å². The van der Waals surface area contributed by atoms with Gasteiger partial charge in [-0.2, -0.15) is 0 Å². The van der Waals surface area contributed by atoms with Crippen molar-refractivity contribution in [1.82, 2.24) is 0 Å². The second kappa shape index (κ2) is 7.44. The van der Waals surface area contributed by atoms with Crippen molar-refractivity contribution in [3.05, 3.63) is 0 Å². The van der Waals surface area contributed by atoms with Crippen molar-refractivity contribution in [3.8, 4) is 0 Å². The minimum Gasteiger partial charge on any atom is -0.350 e. The van der Waals surface area contributed by atoms with E-state index in [2.05, 4.69) is 40.0 Å². The van der Waals surface area contributed by atoms with Crippen molar-refractivity contribution in [2.24, 2.45) is 0 Å². The van der Waals surface area contributed by atoms with Gasteiger partial charge in [0.15, 0.2) is 12.6 Å². The molecular formula is C16H34O4Si2. The van der Waals surface area contributed by atoms with Gasteiger partial charge in [-0.05, 0) is 24.9 Å². The maximum atomic E-state index is 5.72. The van der Waals surface area contributed by atoms with E-state index in [9.17, 15) is 0 Å². The molecule has 0 aromatic carbocycles. The third kappa shape index (κ3) is 4.88. The Kier molecular flexibility index (Phi) is 6.30. The maximum absolute atomic E-state index is 5.72. The molecule has 2 fully saturated rings. The van der Waals surface area contributed by atoms with E-state index in [0.717, 1.165) is 26.1 Å². The molecule has 2 aliphatic heterocycles. The molecule has 130 valence electrons. The summed E-state index contributed by atoms with van der Waals surface area (Å²) in [7, 11) is -2.60. The summed E-state index contributed by atoms with van der Waals surface area (Å²) in [5, 5.41) is 0. The summed E-state index contributed by atoms with van der Waals surface area (Å²) in [5.41, 5.74) is 0. The first-order valence-corrected chi connectivity index (χ1v) is 16.3. The van der Waals surface area contributed by atoms with Crippen LogP contribution in [0, 0.1) is 0 Å². The fraction of sp³-hybridized carbons (Fsp3) is 1.00. The number of hydrogen-bond acceptors (Lipinski definition) is 4. The highest BCUT2D eigenvalue weighted by Gasteiger charge is 2.53. The van der Waals surface area contributed by atoms with Crippen molar-refractivity contribution >= 4 is 15.2 Å². The molecule has 0 aromatic rings. The molecule has 0 N–H and O–H groups in total. The topological polar surface area (TPSA) is 43.5 Å². The van der Waals surface area contributed by atoms with Gasteiger partial charge >= 0.3 is 0 Å². The predicted octanol–water partition coefficient (Wildman–Crippen LogP) is 3.78. The quantitative estimate of drug-likeness (QED) is 0.422. The number of epoxide rings is 2. The van der Waals surface area contributed by atoms with Crippen LogP contribution in [0.3, 0.4) is 0 Å². The first-order chi connectivity index (χ1) is 10.3. The van der Waals surface area contributed by atoms with Crippen LogP contribution in [-0.4, -0.2) is 53.2 Å². The Morgan fingerprint density at radius 3 is 1.41 bits per heavy atom. The molecule has 2 saturated heterocycles. The van der Waals surface area contributed by atoms with Gasteiger partial charge in [-0.25, -0.2) is 0 Å². The molecule has 0 radical (unpaired) electrons. The average Bonchev–Trinajstić information content (AvgIpc) is 3.32. The monoisotopic (exact) mass is 346 g/mol. The van der Waals surface area contributed by atoms with E-state index in [1.54, 1.807) is 0 Å². The molecule has 0 aromatic heterocycles. The summed E-state index contributed by atoms with van der Waals surface area (Å²) in [6.45, 7) is 16.0. The van der Waals surface area contributed by atoms with Crippen LogP contribution in [0.15, 0.2) is 0 Å². The van der Waals surface area contributed by atoms with Gasteiger partial charge in [-0.1, -0.05) is 40.0 Å². The van der Waals surface area contributed by atoms with E-state index < -0.39 is 15.2 Å². The molecule has 2 aliphatic rings. The highest BCUT2D eigenvalue weighted by molar-refractivity contribution is 7.40. The molecule has 2 heterocycles. The average molecular weight is 347 g/mol. The van der Waals surface area contributed by atoms with Gasteiger partial charge in [0.1, 0.15) is 12.2 Å². The van der Waals surface area contributed by atoms with Gasteiger partial charge in [-0.3, -0.25) is 0 Å². The highest BCUT2D eigenvalue weighted by atomic mass is 29.3. The molecule has 4 atom stereocenters. The highest BCUT2D eigenvalue weighted by Crippen LogP contribution is 2.40. The molecule has 6 heteroatoms. The smallest absolute Gasteiger partial charge is 0.184 e. The molecule has 0 saturated carbocycles. The third-order valence-corrected chi connectivity index (χ3v) is 24.0. The van der Waals surface area contributed by atoms with Crippen molar-refractivity contribution in [2.75, 3.05) is 13.2 Å². The van der Waals surface area contributed by atoms with E-state index in [0.29, 0.717) is 12.2 Å². The minimum absolute atomic E-state index is 0.0781. The number of ether oxygens (including phenoxy) is 4. The van der Waals surface area contributed by atoms with E-state index in [1.807, 2.05) is 0 Å². The fourth-order valence-electron chi connectivity index (χ4n) is 2.86. The summed E-state index contributed by atoms with van der Waals surface area (Å²) >= 11 is 0. The minimum atomic E-state index is -1.30. The van der Waals surface area contributed by atoms with Crippen LogP contribution >= 0.6 is 0 Å². The second-order valence-electron chi connectivity index (χ2n) is 8.00. The maximum Gasteiger partial charge on any atom is 0.184 e. The number of rotatable bonds is 11. The van der Waals surface area contributed by atoms with Crippen LogP contribution in [0.2, 0.25) is 38.3 Å². The standard InChI is InChI=1S/C16H34O4Si2/c1-7-9-17-15-13(19-15)11-21(3,4)22(5,6)12-14-16(20-14)18-10-8-2/h13-16H,7-12H2,1-6H3/t13-,14-,15-,16-/m1/s1. The molecule has 2 rings (SSSR count). The molecule has 4 nitrogen and oxygen atoms in total. The SMILES string of the molecule is CCCO[C@@H]1O[C@@H]1C[Si](C)(C)[Si](C)(C)C[C@H]1O[C@H]1OCCC. The van der Waals surface area contributed by atoms with E-state index in [1.165, 1.54) is 12.1 Å². The van der Waals surface area contributed by atoms with Gasteiger partial charge in [0, 0.05) is 28.4 Å². The van der Waals surface area contributed by atoms with Crippen LogP contribution in [0.5, 0.6) is 0 Å². The van der Waals surface area contributed by atoms with Gasteiger partial charge in [0.05, 0.1) is 0 Å². The lowest BCUT2D eigenvalue weighted by molar-refractivity contribution is 0.0505. The lowest BCUT2D eigenvalue weighted by Gasteiger charge is -2.38. The van der Waals surface area contributed by atoms with Crippen molar-refractivity contribution in [3.63, 3.8) is 0 Å². The Balaban J connectivity index is 1.76. The summed E-state index contributed by atoms with van der Waals surface area (Å²) < 4.78 is 22.8. The number of hydrogen-bond donors (Lipinski definition) is 0. The molecule has 0 spiro atoms. The lowest BCUT2D eigenvalue weighted by Crippen LogP contribution is -2.56. The Morgan fingerprint density at radius 2 is 1.09 bits per heavy atom. The second-order valence-corrected chi connectivity index (χ2v) is 24.5. The zero-order valence-corrected chi connectivity index (χ0v) is 17.2. The summed E-state index contributed by atoms with van der Waals surface area (Å²) in [6.07, 6.45) is 2.99. The molecule has 0 aliphatic carbocycles. The van der Waals surface area contributed by atoms with E-state index in [4.69, 9.17) is 18.9 Å². The largest absolute Gasteiger partial charge is 0.350 e. The van der Waals surface area contributed by atoms with Gasteiger partial charge < -0.3 is 18.9 Å². The Hall–Kier alpha value is 0.274. The third-order valence-electron chi connectivity index (χ3n) is 5.30. The van der Waals surface area contributed by atoms with Crippen LogP contribution in [0.4, 0.5) is 0 Å². The molecule has 0 bridgehead atoms. The van der Waals surface area contributed by atoms with Gasteiger partial charge in [0.2, 0.25) is 0 Å². The summed E-state index contributed by atoms with van der Waals surface area (Å²) in [6, 6.07) is 2.46. The van der Waals surface area contributed by atoms with Crippen molar-refractivity contribution in [1.29, 1.82) is 0 Å². The molecule has 0 amide bonds. The van der Waals surface area contributed by atoms with E-state index >= 15 is 0 Å².